The molecule has 0 saturated carbocycles. The number of hydrogen-bond acceptors (Lipinski definition) is 8. The Morgan fingerprint density at radius 2 is 1.90 bits per heavy atom. The van der Waals surface area contributed by atoms with Gasteiger partial charge in [0.05, 0.1) is 5.25 Å². The van der Waals surface area contributed by atoms with Crippen molar-refractivity contribution in [2.75, 3.05) is 0 Å². The molecule has 1 aromatic carbocycles. The van der Waals surface area contributed by atoms with Gasteiger partial charge in [0, 0.05) is 6.92 Å². The number of nitrogens with one attached hydrogen (secondary N) is 1. The van der Waals surface area contributed by atoms with Crippen molar-refractivity contribution in [1.29, 1.82) is 0 Å². The van der Waals surface area contributed by atoms with E-state index in [1.54, 1.807) is 6.92 Å². The maximum absolute atomic E-state index is 12.6. The van der Waals surface area contributed by atoms with Gasteiger partial charge >= 0.3 is 11.9 Å². The first-order chi connectivity index (χ1) is 13.6. The van der Waals surface area contributed by atoms with Crippen LogP contribution in [0.2, 0.25) is 0 Å². The monoisotopic (exact) mass is 421 g/mol. The van der Waals surface area contributed by atoms with Crippen LogP contribution >= 0.6 is 11.8 Å². The van der Waals surface area contributed by atoms with E-state index in [4.69, 9.17) is 10.5 Å². The van der Waals surface area contributed by atoms with Crippen LogP contribution < -0.4 is 11.1 Å². The molecule has 10 nitrogen and oxygen atoms in total. The number of amides is 2. The van der Waals surface area contributed by atoms with Crippen LogP contribution in [-0.2, 0) is 23.9 Å². The summed E-state index contributed by atoms with van der Waals surface area (Å²) in [5.41, 5.74) is 5.96. The van der Waals surface area contributed by atoms with Crippen molar-refractivity contribution in [3.05, 3.63) is 41.3 Å². The number of nitrogens with zero attached hydrogens (tertiary/aromatic N) is 1. The molecule has 1 saturated heterocycles. The maximum Gasteiger partial charge on any atom is 0.356 e. The number of ether oxygens (including phenoxy) is 1. The number of aliphatic carboxylic acids is 1. The van der Waals surface area contributed by atoms with E-state index in [9.17, 15) is 29.4 Å². The number of phenols is 1. The predicted octanol–water partition coefficient (Wildman–Crippen LogP) is 0.0397. The topological polar surface area (TPSA) is 159 Å². The summed E-state index contributed by atoms with van der Waals surface area (Å²) in [5.74, 6) is -3.43. The molecule has 2 heterocycles. The van der Waals surface area contributed by atoms with Crippen molar-refractivity contribution in [3.8, 4) is 5.75 Å². The number of fused-ring (bicyclic) bond motifs is 1. The zero-order valence-electron chi connectivity index (χ0n) is 15.5. The number of thioether (sulfide) groups is 1. The number of rotatable bonds is 5. The van der Waals surface area contributed by atoms with Gasteiger partial charge < -0.3 is 26.0 Å². The van der Waals surface area contributed by atoms with Crippen molar-refractivity contribution < 1.29 is 34.1 Å². The average Bonchev–Trinajstić information content (AvgIpc) is 2.66. The number of esters is 1. The van der Waals surface area contributed by atoms with Crippen molar-refractivity contribution >= 4 is 35.5 Å². The van der Waals surface area contributed by atoms with Crippen molar-refractivity contribution in [3.63, 3.8) is 0 Å². The van der Waals surface area contributed by atoms with Gasteiger partial charge in [-0.3, -0.25) is 19.3 Å². The van der Waals surface area contributed by atoms with Gasteiger partial charge in [-0.05, 0) is 24.6 Å². The number of benzene rings is 1. The normalized spacial score (nSPS) is 24.3. The Kier molecular flexibility index (Phi) is 5.53. The van der Waals surface area contributed by atoms with Gasteiger partial charge in [0.1, 0.15) is 23.2 Å². The highest BCUT2D eigenvalue weighted by Crippen LogP contribution is 2.44. The Hall–Kier alpha value is -3.05. The Morgan fingerprint density at radius 3 is 2.45 bits per heavy atom. The van der Waals surface area contributed by atoms with Crippen LogP contribution in [0.1, 0.15) is 25.5 Å². The third kappa shape index (κ3) is 3.78. The molecule has 0 bridgehead atoms. The fourth-order valence-corrected chi connectivity index (χ4v) is 4.50. The molecule has 0 aliphatic carbocycles. The van der Waals surface area contributed by atoms with Gasteiger partial charge in [0.2, 0.25) is 5.91 Å². The number of aromatic hydroxyl groups is 1. The summed E-state index contributed by atoms with van der Waals surface area (Å²) in [6, 6.07) is 3.71. The first-order valence-corrected chi connectivity index (χ1v) is 9.55. The van der Waals surface area contributed by atoms with E-state index in [1.807, 2.05) is 0 Å². The van der Waals surface area contributed by atoms with Crippen molar-refractivity contribution in [2.45, 2.75) is 36.6 Å². The lowest BCUT2D eigenvalue weighted by molar-refractivity contribution is -0.152. The fourth-order valence-electron chi connectivity index (χ4n) is 3.13. The average molecular weight is 421 g/mol. The summed E-state index contributed by atoms with van der Waals surface area (Å²) in [6.07, 6.45) is 0. The second-order valence-electron chi connectivity index (χ2n) is 6.54. The largest absolute Gasteiger partial charge is 0.508 e. The van der Waals surface area contributed by atoms with E-state index in [-0.39, 0.29) is 11.5 Å². The third-order valence-corrected chi connectivity index (χ3v) is 5.90. The lowest BCUT2D eigenvalue weighted by Gasteiger charge is -2.50. The van der Waals surface area contributed by atoms with E-state index < -0.39 is 52.2 Å². The highest BCUT2D eigenvalue weighted by molar-refractivity contribution is 8.00. The molecular formula is C18H19N3O7S. The minimum absolute atomic E-state index is 0.0235. The van der Waals surface area contributed by atoms with Crippen LogP contribution in [0.25, 0.3) is 0 Å². The summed E-state index contributed by atoms with van der Waals surface area (Å²) < 4.78 is 5.02. The number of nitrogens with two attached hydrogens (primary N) is 1. The number of β-lactam (4-membered cyclic amide) rings is 1. The minimum Gasteiger partial charge on any atom is -0.508 e. The molecule has 2 amide bonds. The summed E-state index contributed by atoms with van der Waals surface area (Å²) >= 11 is 1.19. The first-order valence-electron chi connectivity index (χ1n) is 8.61. The molecule has 154 valence electrons. The molecule has 0 radical (unpaired) electrons. The van der Waals surface area contributed by atoms with E-state index in [1.165, 1.54) is 36.0 Å². The number of carboxylic acids is 1. The quantitative estimate of drug-likeness (QED) is 0.380. The predicted molar refractivity (Wildman–Crippen MR) is 101 cm³/mol. The van der Waals surface area contributed by atoms with Gasteiger partial charge in [0.15, 0.2) is 11.5 Å². The summed E-state index contributed by atoms with van der Waals surface area (Å²) in [4.78, 5) is 49.1. The van der Waals surface area contributed by atoms with Crippen molar-refractivity contribution in [2.24, 2.45) is 5.73 Å². The van der Waals surface area contributed by atoms with Gasteiger partial charge in [-0.15, -0.1) is 11.8 Å². The van der Waals surface area contributed by atoms with Crippen LogP contribution in [0, 0.1) is 0 Å². The van der Waals surface area contributed by atoms with Crippen LogP contribution in [-0.4, -0.2) is 55.5 Å². The minimum atomic E-state index is -1.41. The molecule has 1 fully saturated rings. The molecule has 2 aliphatic heterocycles. The molecule has 0 aromatic heterocycles. The molecule has 29 heavy (non-hydrogen) atoms. The van der Waals surface area contributed by atoms with Gasteiger partial charge in [0.25, 0.3) is 5.91 Å². The Balaban J connectivity index is 1.78. The zero-order valence-corrected chi connectivity index (χ0v) is 16.3. The van der Waals surface area contributed by atoms with Crippen LogP contribution in [0.3, 0.4) is 0 Å². The lowest BCUT2D eigenvalue weighted by atomic mass is 10.0. The number of hydrogen-bond donors (Lipinski definition) is 4. The molecular weight excluding hydrogens is 402 g/mol. The molecule has 4 atom stereocenters. The lowest BCUT2D eigenvalue weighted by Crippen LogP contribution is -2.71. The van der Waals surface area contributed by atoms with E-state index in [0.29, 0.717) is 5.56 Å². The highest BCUT2D eigenvalue weighted by atomic mass is 32.2. The smallest absolute Gasteiger partial charge is 0.356 e. The van der Waals surface area contributed by atoms with Gasteiger partial charge in [-0.25, -0.2) is 4.79 Å². The number of carboxylic acid groups (broad SMARTS) is 1. The molecule has 5 N–H and O–H groups in total. The van der Waals surface area contributed by atoms with Gasteiger partial charge in [-0.1, -0.05) is 12.1 Å². The Morgan fingerprint density at radius 1 is 1.28 bits per heavy atom. The number of phenolic OH excluding ortho intramolecular Hbond substituents is 1. The van der Waals surface area contributed by atoms with Crippen LogP contribution in [0.4, 0.5) is 0 Å². The molecule has 1 aromatic rings. The van der Waals surface area contributed by atoms with Crippen LogP contribution in [0.15, 0.2) is 35.7 Å². The second kappa shape index (κ2) is 7.76. The highest BCUT2D eigenvalue weighted by Gasteiger charge is 2.56. The maximum atomic E-state index is 12.6. The Labute approximate surface area is 169 Å². The van der Waals surface area contributed by atoms with Crippen LogP contribution in [0.5, 0.6) is 5.75 Å². The second-order valence-corrected chi connectivity index (χ2v) is 8.01. The fraction of sp³-hybridized carbons (Fsp3) is 0.333. The molecule has 2 aliphatic rings. The molecule has 2 unspecified atom stereocenters. The van der Waals surface area contributed by atoms with E-state index >= 15 is 0 Å². The van der Waals surface area contributed by atoms with Crippen molar-refractivity contribution in [1.82, 2.24) is 10.2 Å². The van der Waals surface area contributed by atoms with Gasteiger partial charge in [-0.2, -0.15) is 0 Å². The Bertz CT molecular complexity index is 915. The zero-order chi connectivity index (χ0) is 21.5. The number of carbonyl (C=O) groups excluding carboxylic acids is 3. The van der Waals surface area contributed by atoms with E-state index in [0.717, 1.165) is 11.8 Å². The first kappa shape index (κ1) is 20.7. The molecule has 11 heteroatoms. The summed E-state index contributed by atoms with van der Waals surface area (Å²) in [7, 11) is 0. The van der Waals surface area contributed by atoms with E-state index in [2.05, 4.69) is 5.32 Å². The molecule has 3 rings (SSSR count). The SMILES string of the molecule is CC(=O)OC1=C(C(=O)O)N2C(=O)C(NC(=O)[C@H](N)c3ccc(O)cc3)[C@H]2SC1C. The molecule has 0 spiro atoms. The summed E-state index contributed by atoms with van der Waals surface area (Å²) in [5, 5.41) is 20.2. The third-order valence-electron chi connectivity index (χ3n) is 4.52. The number of carbonyl (C=O) groups is 4. The standard InChI is InChI=1S/C18H19N3O7S/c1-7-14(28-8(2)22)13(18(26)27)21-16(25)12(17(21)29-7)20-15(24)11(19)9-3-5-10(23)6-4-9/h3-7,11-12,17,23H,19H2,1-2H3,(H,20,24)(H,26,27)/t7?,11-,12?,17-/m1/s1. The summed E-state index contributed by atoms with van der Waals surface area (Å²) in [6.45, 7) is 2.79.